The van der Waals surface area contributed by atoms with Gasteiger partial charge < -0.3 is 9.47 Å². The summed E-state index contributed by atoms with van der Waals surface area (Å²) in [5.74, 6) is -0.270. The van der Waals surface area contributed by atoms with Crippen LogP contribution in [0.15, 0.2) is 65.7 Å². The van der Waals surface area contributed by atoms with Crippen LogP contribution in [0.5, 0.6) is 11.6 Å². The lowest BCUT2D eigenvalue weighted by Crippen LogP contribution is -2.24. The molecule has 0 spiro atoms. The average Bonchev–Trinajstić information content (AvgIpc) is 2.73. The van der Waals surface area contributed by atoms with Gasteiger partial charge in [0.2, 0.25) is 15.9 Å². The molecule has 0 bridgehead atoms. The number of halogens is 1. The summed E-state index contributed by atoms with van der Waals surface area (Å²) in [5, 5.41) is 0. The summed E-state index contributed by atoms with van der Waals surface area (Å²) in [4.78, 5) is 15.7. The predicted molar refractivity (Wildman–Crippen MR) is 107 cm³/mol. The molecule has 9 heteroatoms. The van der Waals surface area contributed by atoms with E-state index in [9.17, 15) is 17.6 Å². The Hall–Kier alpha value is -3.30. The molecule has 30 heavy (non-hydrogen) atoms. The number of hydrogen-bond donors (Lipinski definition) is 1. The molecule has 0 amide bonds. The highest BCUT2D eigenvalue weighted by Gasteiger charge is 2.18. The Labute approximate surface area is 173 Å². The van der Waals surface area contributed by atoms with Gasteiger partial charge in [-0.3, -0.25) is 0 Å². The van der Waals surface area contributed by atoms with Gasteiger partial charge in [0, 0.05) is 18.8 Å². The average molecular weight is 430 g/mol. The molecule has 1 heterocycles. The summed E-state index contributed by atoms with van der Waals surface area (Å²) in [6, 6.07) is 12.9. The monoisotopic (exact) mass is 430 g/mol. The van der Waals surface area contributed by atoms with E-state index < -0.39 is 16.0 Å². The highest BCUT2D eigenvalue weighted by Crippen LogP contribution is 2.21. The van der Waals surface area contributed by atoms with Crippen molar-refractivity contribution in [2.45, 2.75) is 18.4 Å². The minimum absolute atomic E-state index is 0.00280. The maximum atomic E-state index is 13.0. The Kier molecular flexibility index (Phi) is 6.43. The fraction of sp³-hybridized carbons (Fsp3) is 0.143. The summed E-state index contributed by atoms with van der Waals surface area (Å²) in [5.41, 5.74) is 1.31. The van der Waals surface area contributed by atoms with E-state index in [1.807, 2.05) is 0 Å². The molecule has 1 N–H and O–H groups in total. The number of hydrogen-bond acceptors (Lipinski definition) is 6. The number of aryl methyl sites for hydroxylation is 1. The zero-order valence-electron chi connectivity index (χ0n) is 16.3. The number of rotatable bonds is 7. The number of ether oxygens (including phenoxy) is 2. The predicted octanol–water partition coefficient (Wildman–Crippen LogP) is 3.59. The maximum Gasteiger partial charge on any atom is 0.337 e. The molecule has 0 unspecified atom stereocenters. The summed E-state index contributed by atoms with van der Waals surface area (Å²) >= 11 is 0. The summed E-state index contributed by atoms with van der Waals surface area (Å²) in [6.45, 7) is 1.60. The fourth-order valence-corrected chi connectivity index (χ4v) is 3.93. The zero-order valence-corrected chi connectivity index (χ0v) is 17.1. The van der Waals surface area contributed by atoms with E-state index >= 15 is 0 Å². The van der Waals surface area contributed by atoms with Crippen LogP contribution in [-0.2, 0) is 21.3 Å². The molecule has 0 saturated heterocycles. The van der Waals surface area contributed by atoms with E-state index in [1.165, 1.54) is 55.8 Å². The smallest absolute Gasteiger partial charge is 0.337 e. The molecule has 2 aromatic carbocycles. The molecule has 0 atom stereocenters. The third kappa shape index (κ3) is 5.19. The van der Waals surface area contributed by atoms with E-state index in [1.54, 1.807) is 19.1 Å². The highest BCUT2D eigenvalue weighted by molar-refractivity contribution is 7.89. The van der Waals surface area contributed by atoms with Crippen LogP contribution in [0.3, 0.4) is 0 Å². The van der Waals surface area contributed by atoms with Gasteiger partial charge in [0.15, 0.2) is 0 Å². The standard InChI is InChI=1S/C21H19FN2O5S/c1-14-11-16(21(25)28-2)3-8-19(14)30(26,27)24-13-15-9-10-23-20(12-15)29-18-6-4-17(22)5-7-18/h3-12,24H,13H2,1-2H3. The van der Waals surface area contributed by atoms with Crippen molar-refractivity contribution in [2.75, 3.05) is 7.11 Å². The Morgan fingerprint density at radius 2 is 1.83 bits per heavy atom. The van der Waals surface area contributed by atoms with Gasteiger partial charge in [-0.25, -0.2) is 27.3 Å². The Balaban J connectivity index is 1.71. The number of pyridine rings is 1. The lowest BCUT2D eigenvalue weighted by Gasteiger charge is -2.11. The number of nitrogens with one attached hydrogen (secondary N) is 1. The van der Waals surface area contributed by atoms with Gasteiger partial charge in [-0.15, -0.1) is 0 Å². The van der Waals surface area contributed by atoms with Crippen molar-refractivity contribution in [2.24, 2.45) is 0 Å². The van der Waals surface area contributed by atoms with Crippen LogP contribution in [0.2, 0.25) is 0 Å². The number of aromatic nitrogens is 1. The minimum Gasteiger partial charge on any atom is -0.465 e. The molecule has 3 aromatic rings. The summed E-state index contributed by atoms with van der Waals surface area (Å²) < 4.78 is 51.1. The molecular formula is C21H19FN2O5S. The number of benzene rings is 2. The van der Waals surface area contributed by atoms with Gasteiger partial charge in [0.1, 0.15) is 11.6 Å². The van der Waals surface area contributed by atoms with Crippen LogP contribution in [-0.4, -0.2) is 26.5 Å². The molecular weight excluding hydrogens is 411 g/mol. The first-order valence-electron chi connectivity index (χ1n) is 8.85. The second-order valence-electron chi connectivity index (χ2n) is 6.35. The molecule has 0 radical (unpaired) electrons. The second-order valence-corrected chi connectivity index (χ2v) is 8.09. The Morgan fingerprint density at radius 3 is 2.50 bits per heavy atom. The minimum atomic E-state index is -3.82. The third-order valence-electron chi connectivity index (χ3n) is 4.19. The van der Waals surface area contributed by atoms with E-state index in [2.05, 4.69) is 14.4 Å². The first-order valence-corrected chi connectivity index (χ1v) is 10.3. The van der Waals surface area contributed by atoms with Crippen molar-refractivity contribution in [3.8, 4) is 11.6 Å². The SMILES string of the molecule is COC(=O)c1ccc(S(=O)(=O)NCc2ccnc(Oc3ccc(F)cc3)c2)c(C)c1. The molecule has 7 nitrogen and oxygen atoms in total. The molecule has 1 aromatic heterocycles. The van der Waals surface area contributed by atoms with E-state index in [0.29, 0.717) is 16.9 Å². The van der Waals surface area contributed by atoms with Gasteiger partial charge in [-0.1, -0.05) is 0 Å². The first-order chi connectivity index (χ1) is 14.3. The van der Waals surface area contributed by atoms with Crippen molar-refractivity contribution in [3.05, 3.63) is 83.3 Å². The van der Waals surface area contributed by atoms with Crippen LogP contribution >= 0.6 is 0 Å². The molecule has 0 saturated carbocycles. The van der Waals surface area contributed by atoms with Crippen molar-refractivity contribution in [1.82, 2.24) is 9.71 Å². The zero-order chi connectivity index (χ0) is 21.7. The number of esters is 1. The lowest BCUT2D eigenvalue weighted by molar-refractivity contribution is 0.0600. The maximum absolute atomic E-state index is 13.0. The number of nitrogens with zero attached hydrogens (tertiary/aromatic N) is 1. The van der Waals surface area contributed by atoms with Crippen LogP contribution in [0.1, 0.15) is 21.5 Å². The van der Waals surface area contributed by atoms with Crippen LogP contribution in [0.25, 0.3) is 0 Å². The van der Waals surface area contributed by atoms with Crippen molar-refractivity contribution < 1.29 is 27.1 Å². The number of sulfonamides is 1. The lowest BCUT2D eigenvalue weighted by atomic mass is 10.1. The van der Waals surface area contributed by atoms with E-state index in [-0.39, 0.29) is 28.7 Å². The molecule has 0 aliphatic carbocycles. The van der Waals surface area contributed by atoms with Crippen molar-refractivity contribution in [1.29, 1.82) is 0 Å². The van der Waals surface area contributed by atoms with Crippen LogP contribution in [0.4, 0.5) is 4.39 Å². The Morgan fingerprint density at radius 1 is 1.10 bits per heavy atom. The quantitative estimate of drug-likeness (QED) is 0.576. The summed E-state index contributed by atoms with van der Waals surface area (Å²) in [7, 11) is -2.56. The van der Waals surface area contributed by atoms with Gasteiger partial charge in [-0.2, -0.15) is 0 Å². The van der Waals surface area contributed by atoms with E-state index in [4.69, 9.17) is 4.74 Å². The largest absolute Gasteiger partial charge is 0.465 e. The first kappa shape index (κ1) is 21.4. The van der Waals surface area contributed by atoms with Crippen LogP contribution in [0, 0.1) is 12.7 Å². The molecule has 0 aliphatic rings. The molecule has 0 aliphatic heterocycles. The van der Waals surface area contributed by atoms with Crippen molar-refractivity contribution >= 4 is 16.0 Å². The second kappa shape index (κ2) is 9.02. The number of carbonyl (C=O) groups is 1. The molecule has 156 valence electrons. The third-order valence-corrected chi connectivity index (χ3v) is 5.75. The van der Waals surface area contributed by atoms with Crippen LogP contribution < -0.4 is 9.46 Å². The summed E-state index contributed by atoms with van der Waals surface area (Å²) in [6.07, 6.45) is 1.49. The van der Waals surface area contributed by atoms with Gasteiger partial charge in [0.25, 0.3) is 0 Å². The molecule has 0 fully saturated rings. The topological polar surface area (TPSA) is 94.6 Å². The van der Waals surface area contributed by atoms with Gasteiger partial charge >= 0.3 is 5.97 Å². The van der Waals surface area contributed by atoms with Crippen molar-refractivity contribution in [3.63, 3.8) is 0 Å². The highest BCUT2D eigenvalue weighted by atomic mass is 32.2. The van der Waals surface area contributed by atoms with Gasteiger partial charge in [-0.05, 0) is 66.6 Å². The fourth-order valence-electron chi connectivity index (χ4n) is 2.69. The number of carbonyl (C=O) groups excluding carboxylic acids is 1. The molecule has 3 rings (SSSR count). The van der Waals surface area contributed by atoms with Gasteiger partial charge in [0.05, 0.1) is 17.6 Å². The Bertz CT molecular complexity index is 1160. The number of methoxy groups -OCH3 is 1. The normalized spacial score (nSPS) is 11.2. The van der Waals surface area contributed by atoms with E-state index in [0.717, 1.165) is 0 Å².